The average Bonchev–Trinajstić information content (AvgIpc) is 3.26. The van der Waals surface area contributed by atoms with E-state index in [1.165, 1.54) is 0 Å². The molecular formula is C24H24N6O2. The predicted octanol–water partition coefficient (Wildman–Crippen LogP) is 2.98. The Morgan fingerprint density at radius 2 is 2.00 bits per heavy atom. The van der Waals surface area contributed by atoms with Gasteiger partial charge in [0.15, 0.2) is 5.78 Å². The first-order valence-corrected chi connectivity index (χ1v) is 10.8. The molecule has 0 spiro atoms. The van der Waals surface area contributed by atoms with Gasteiger partial charge in [-0.05, 0) is 43.6 Å². The number of carbonyl (C=O) groups is 1. The van der Waals surface area contributed by atoms with E-state index in [-0.39, 0.29) is 18.3 Å². The Morgan fingerprint density at radius 1 is 1.12 bits per heavy atom. The van der Waals surface area contributed by atoms with Crippen molar-refractivity contribution in [3.05, 3.63) is 66.5 Å². The summed E-state index contributed by atoms with van der Waals surface area (Å²) in [7, 11) is 1.89. The first-order valence-electron chi connectivity index (χ1n) is 10.8. The molecule has 4 heterocycles. The smallest absolute Gasteiger partial charge is 0.214 e. The number of benzene rings is 1. The van der Waals surface area contributed by atoms with Crippen LogP contribution in [-0.4, -0.2) is 49.7 Å². The highest BCUT2D eigenvalue weighted by Crippen LogP contribution is 2.23. The minimum absolute atomic E-state index is 0.0645. The largest absolute Gasteiger partial charge is 0.474 e. The minimum atomic E-state index is -0.0645. The molecule has 5 rings (SSSR count). The molecule has 0 bridgehead atoms. The molecule has 1 aromatic carbocycles. The summed E-state index contributed by atoms with van der Waals surface area (Å²) in [5.41, 5.74) is 3.39. The Bertz CT molecular complexity index is 1260. The molecule has 162 valence electrons. The van der Waals surface area contributed by atoms with E-state index in [0.717, 1.165) is 48.0 Å². The van der Waals surface area contributed by atoms with Gasteiger partial charge in [-0.2, -0.15) is 5.10 Å². The second kappa shape index (κ2) is 8.84. The van der Waals surface area contributed by atoms with E-state index in [4.69, 9.17) is 4.74 Å². The number of fused-ring (bicyclic) bond motifs is 1. The van der Waals surface area contributed by atoms with E-state index in [2.05, 4.69) is 25.4 Å². The third-order valence-electron chi connectivity index (χ3n) is 5.62. The van der Waals surface area contributed by atoms with Crippen molar-refractivity contribution in [1.82, 2.24) is 30.0 Å². The van der Waals surface area contributed by atoms with Gasteiger partial charge >= 0.3 is 0 Å². The minimum Gasteiger partial charge on any atom is -0.474 e. The maximum atomic E-state index is 12.9. The van der Waals surface area contributed by atoms with E-state index >= 15 is 0 Å². The first-order chi connectivity index (χ1) is 15.6. The number of piperidine rings is 1. The highest BCUT2D eigenvalue weighted by Gasteiger charge is 2.17. The van der Waals surface area contributed by atoms with Crippen molar-refractivity contribution in [3.63, 3.8) is 0 Å². The number of aromatic nitrogens is 5. The van der Waals surface area contributed by atoms with Gasteiger partial charge in [-0.25, -0.2) is 15.0 Å². The maximum absolute atomic E-state index is 12.9. The molecule has 1 saturated heterocycles. The lowest BCUT2D eigenvalue weighted by molar-refractivity contribution is 0.0989. The lowest BCUT2D eigenvalue weighted by Crippen LogP contribution is -2.34. The van der Waals surface area contributed by atoms with Crippen LogP contribution in [0, 0.1) is 0 Å². The number of rotatable bonds is 6. The van der Waals surface area contributed by atoms with E-state index in [9.17, 15) is 4.79 Å². The molecule has 0 amide bonds. The summed E-state index contributed by atoms with van der Waals surface area (Å²) in [4.78, 5) is 26.2. The molecule has 1 fully saturated rings. The number of ether oxygens (including phenoxy) is 1. The molecule has 0 unspecified atom stereocenters. The number of hydrogen-bond donors (Lipinski definition) is 1. The molecule has 8 nitrogen and oxygen atoms in total. The topological polar surface area (TPSA) is 94.8 Å². The number of ketones is 1. The van der Waals surface area contributed by atoms with Crippen LogP contribution < -0.4 is 10.1 Å². The van der Waals surface area contributed by atoms with Gasteiger partial charge in [0.1, 0.15) is 11.9 Å². The summed E-state index contributed by atoms with van der Waals surface area (Å²) < 4.78 is 7.73. The number of hydrogen-bond acceptors (Lipinski definition) is 7. The monoisotopic (exact) mass is 428 g/mol. The van der Waals surface area contributed by atoms with Crippen molar-refractivity contribution in [2.75, 3.05) is 13.1 Å². The summed E-state index contributed by atoms with van der Waals surface area (Å²) in [5.74, 6) is 0.914. The molecule has 3 aromatic heterocycles. The Hall–Kier alpha value is -3.65. The third kappa shape index (κ3) is 4.50. The summed E-state index contributed by atoms with van der Waals surface area (Å²) in [6, 6.07) is 9.43. The van der Waals surface area contributed by atoms with Crippen LogP contribution in [0.25, 0.3) is 22.0 Å². The molecule has 8 heteroatoms. The first kappa shape index (κ1) is 20.3. The van der Waals surface area contributed by atoms with Gasteiger partial charge < -0.3 is 10.1 Å². The van der Waals surface area contributed by atoms with Crippen LogP contribution in [0.4, 0.5) is 0 Å². The van der Waals surface area contributed by atoms with Crippen LogP contribution >= 0.6 is 0 Å². The molecule has 0 saturated carbocycles. The van der Waals surface area contributed by atoms with E-state index < -0.39 is 0 Å². The lowest BCUT2D eigenvalue weighted by atomic mass is 10.1. The quantitative estimate of drug-likeness (QED) is 0.472. The van der Waals surface area contributed by atoms with Crippen molar-refractivity contribution in [2.24, 2.45) is 7.05 Å². The number of Topliss-reactive ketones (excluding diaryl/α,β-unsaturated/α-hetero) is 1. The standard InChI is InChI=1S/C24H24N6O2/c1-30-15-19(14-28-30)16-2-3-18-13-27-23(29-21(18)10-16)12-22(31)17-4-9-26-24(11-17)32-20-5-7-25-8-6-20/h2-4,9-11,13-15,20,25H,5-8,12H2,1H3. The summed E-state index contributed by atoms with van der Waals surface area (Å²) in [5, 5.41) is 8.47. The third-order valence-corrected chi connectivity index (χ3v) is 5.62. The van der Waals surface area contributed by atoms with E-state index in [1.807, 2.05) is 37.6 Å². The zero-order valence-electron chi connectivity index (χ0n) is 17.9. The van der Waals surface area contributed by atoms with Crippen LogP contribution in [0.15, 0.2) is 55.1 Å². The number of nitrogens with one attached hydrogen (secondary N) is 1. The van der Waals surface area contributed by atoms with Crippen molar-refractivity contribution < 1.29 is 9.53 Å². The molecule has 32 heavy (non-hydrogen) atoms. The molecule has 1 aliphatic rings. The van der Waals surface area contributed by atoms with Gasteiger partial charge in [0.25, 0.3) is 0 Å². The summed E-state index contributed by atoms with van der Waals surface area (Å²) in [6.07, 6.45) is 9.27. The zero-order chi connectivity index (χ0) is 21.9. The second-order valence-corrected chi connectivity index (χ2v) is 8.01. The Kier molecular flexibility index (Phi) is 5.60. The normalized spacial score (nSPS) is 14.5. The molecular weight excluding hydrogens is 404 g/mol. The highest BCUT2D eigenvalue weighted by molar-refractivity contribution is 5.97. The van der Waals surface area contributed by atoms with Crippen LogP contribution in [0.5, 0.6) is 5.88 Å². The highest BCUT2D eigenvalue weighted by atomic mass is 16.5. The maximum Gasteiger partial charge on any atom is 0.214 e. The fraction of sp³-hybridized carbons (Fsp3) is 0.292. The molecule has 0 radical (unpaired) electrons. The van der Waals surface area contributed by atoms with E-state index in [0.29, 0.717) is 17.3 Å². The molecule has 0 atom stereocenters. The lowest BCUT2D eigenvalue weighted by Gasteiger charge is -2.23. The van der Waals surface area contributed by atoms with Crippen LogP contribution in [0.1, 0.15) is 29.0 Å². The van der Waals surface area contributed by atoms with Gasteiger partial charge in [-0.15, -0.1) is 0 Å². The Balaban J connectivity index is 1.33. The van der Waals surface area contributed by atoms with Crippen molar-refractivity contribution in [2.45, 2.75) is 25.4 Å². The zero-order valence-corrected chi connectivity index (χ0v) is 17.9. The van der Waals surface area contributed by atoms with Crippen molar-refractivity contribution in [3.8, 4) is 17.0 Å². The van der Waals surface area contributed by atoms with Crippen LogP contribution in [-0.2, 0) is 13.5 Å². The SMILES string of the molecule is Cn1cc(-c2ccc3cnc(CC(=O)c4ccnc(OC5CCNCC5)c4)nc3c2)cn1. The number of nitrogens with zero attached hydrogens (tertiary/aromatic N) is 5. The summed E-state index contributed by atoms with van der Waals surface area (Å²) >= 11 is 0. The Labute approximate surface area is 185 Å². The average molecular weight is 428 g/mol. The van der Waals surface area contributed by atoms with Gasteiger partial charge in [0.05, 0.1) is 18.1 Å². The number of aryl methyl sites for hydroxylation is 1. The number of pyridine rings is 1. The van der Waals surface area contributed by atoms with Gasteiger partial charge in [0.2, 0.25) is 5.88 Å². The van der Waals surface area contributed by atoms with Crippen LogP contribution in [0.2, 0.25) is 0 Å². The van der Waals surface area contributed by atoms with Crippen molar-refractivity contribution in [1.29, 1.82) is 0 Å². The van der Waals surface area contributed by atoms with Gasteiger partial charge in [0, 0.05) is 48.2 Å². The summed E-state index contributed by atoms with van der Waals surface area (Å²) in [6.45, 7) is 1.87. The molecule has 4 aromatic rings. The molecule has 1 aliphatic heterocycles. The molecule has 0 aliphatic carbocycles. The second-order valence-electron chi connectivity index (χ2n) is 8.01. The fourth-order valence-electron chi connectivity index (χ4n) is 3.87. The number of carbonyl (C=O) groups excluding carboxylic acids is 1. The molecule has 1 N–H and O–H groups in total. The van der Waals surface area contributed by atoms with Crippen LogP contribution in [0.3, 0.4) is 0 Å². The van der Waals surface area contributed by atoms with Crippen molar-refractivity contribution >= 4 is 16.7 Å². The van der Waals surface area contributed by atoms with Gasteiger partial charge in [-0.3, -0.25) is 9.48 Å². The van der Waals surface area contributed by atoms with E-state index in [1.54, 1.807) is 29.2 Å². The fourth-order valence-corrected chi connectivity index (χ4v) is 3.87. The van der Waals surface area contributed by atoms with Gasteiger partial charge in [-0.1, -0.05) is 12.1 Å². The predicted molar refractivity (Wildman–Crippen MR) is 121 cm³/mol. The Morgan fingerprint density at radius 3 is 2.81 bits per heavy atom.